The maximum absolute atomic E-state index is 12.6. The second-order valence-electron chi connectivity index (χ2n) is 5.38. The molecule has 0 aliphatic carbocycles. The molecule has 7 heteroatoms. The van der Waals surface area contributed by atoms with Crippen molar-refractivity contribution >= 4 is 17.2 Å². The van der Waals surface area contributed by atoms with Gasteiger partial charge in [-0.2, -0.15) is 0 Å². The van der Waals surface area contributed by atoms with Gasteiger partial charge >= 0.3 is 5.69 Å². The van der Waals surface area contributed by atoms with Gasteiger partial charge in [0.2, 0.25) is 5.91 Å². The minimum absolute atomic E-state index is 0.0329. The average molecular weight is 319 g/mol. The SMILES string of the molecule is Cn1c(=O)ccn(CC(=O)N2CCC[C@H]2c2cccs2)c1=O. The van der Waals surface area contributed by atoms with E-state index in [0.29, 0.717) is 6.54 Å². The molecule has 0 bridgehead atoms. The molecule has 116 valence electrons. The number of aromatic nitrogens is 2. The third-order valence-corrected chi connectivity index (χ3v) is 4.98. The summed E-state index contributed by atoms with van der Waals surface area (Å²) in [6.45, 7) is 0.677. The van der Waals surface area contributed by atoms with Crippen LogP contribution < -0.4 is 11.2 Å². The number of rotatable bonds is 3. The Morgan fingerprint density at radius 2 is 2.18 bits per heavy atom. The largest absolute Gasteiger partial charge is 0.333 e. The summed E-state index contributed by atoms with van der Waals surface area (Å²) in [5.74, 6) is -0.0864. The van der Waals surface area contributed by atoms with Crippen LogP contribution in [0, 0.1) is 0 Å². The molecule has 1 fully saturated rings. The van der Waals surface area contributed by atoms with E-state index < -0.39 is 5.69 Å². The molecule has 0 unspecified atom stereocenters. The zero-order valence-electron chi connectivity index (χ0n) is 12.3. The van der Waals surface area contributed by atoms with Gasteiger partial charge in [0.05, 0.1) is 6.04 Å². The Morgan fingerprint density at radius 1 is 1.36 bits per heavy atom. The molecule has 3 heterocycles. The quantitative estimate of drug-likeness (QED) is 0.847. The number of likely N-dealkylation sites (tertiary alicyclic amines) is 1. The van der Waals surface area contributed by atoms with Crippen LogP contribution in [0.3, 0.4) is 0 Å². The molecule has 0 N–H and O–H groups in total. The molecule has 1 atom stereocenters. The summed E-state index contributed by atoms with van der Waals surface area (Å²) in [5.41, 5.74) is -0.834. The summed E-state index contributed by atoms with van der Waals surface area (Å²) < 4.78 is 2.29. The van der Waals surface area contributed by atoms with Gasteiger partial charge in [-0.15, -0.1) is 11.3 Å². The van der Waals surface area contributed by atoms with Crippen molar-refractivity contribution in [3.8, 4) is 0 Å². The molecular formula is C15H17N3O3S. The molecule has 1 aliphatic heterocycles. The molecule has 22 heavy (non-hydrogen) atoms. The highest BCUT2D eigenvalue weighted by molar-refractivity contribution is 7.10. The van der Waals surface area contributed by atoms with Gasteiger partial charge in [0, 0.05) is 30.7 Å². The van der Waals surface area contributed by atoms with E-state index in [1.807, 2.05) is 22.4 Å². The Hall–Kier alpha value is -2.15. The number of thiophene rings is 1. The third kappa shape index (κ3) is 2.64. The first-order valence-corrected chi connectivity index (χ1v) is 8.05. The number of hydrogen-bond acceptors (Lipinski definition) is 4. The number of hydrogen-bond donors (Lipinski definition) is 0. The first kappa shape index (κ1) is 14.8. The van der Waals surface area contributed by atoms with Gasteiger partial charge in [0.25, 0.3) is 5.56 Å². The fourth-order valence-corrected chi connectivity index (χ4v) is 3.69. The second kappa shape index (κ2) is 5.92. The van der Waals surface area contributed by atoms with Crippen LogP contribution >= 0.6 is 11.3 Å². The molecule has 1 saturated heterocycles. The maximum atomic E-state index is 12.6. The Labute approximate surface area is 131 Å². The molecule has 1 amide bonds. The third-order valence-electron chi connectivity index (χ3n) is 4.01. The van der Waals surface area contributed by atoms with Crippen molar-refractivity contribution in [2.75, 3.05) is 6.54 Å². The van der Waals surface area contributed by atoms with Crippen LogP contribution in [0.25, 0.3) is 0 Å². The Bertz CT molecular complexity index is 791. The Balaban J connectivity index is 1.81. The smallest absolute Gasteiger partial charge is 0.331 e. The number of nitrogens with zero attached hydrogens (tertiary/aromatic N) is 3. The van der Waals surface area contributed by atoms with Crippen LogP contribution in [-0.2, 0) is 18.4 Å². The van der Waals surface area contributed by atoms with Gasteiger partial charge in [0.1, 0.15) is 6.54 Å². The minimum atomic E-state index is -0.465. The van der Waals surface area contributed by atoms with Gasteiger partial charge in [-0.05, 0) is 24.3 Å². The van der Waals surface area contributed by atoms with Crippen molar-refractivity contribution in [3.63, 3.8) is 0 Å². The zero-order chi connectivity index (χ0) is 15.7. The summed E-state index contributed by atoms with van der Waals surface area (Å²) in [4.78, 5) is 39.0. The fourth-order valence-electron chi connectivity index (χ4n) is 2.82. The van der Waals surface area contributed by atoms with Crippen LogP contribution in [0.1, 0.15) is 23.8 Å². The van der Waals surface area contributed by atoms with Crippen LogP contribution in [0.4, 0.5) is 0 Å². The van der Waals surface area contributed by atoms with Gasteiger partial charge in [0.15, 0.2) is 0 Å². The predicted molar refractivity (Wildman–Crippen MR) is 84.0 cm³/mol. The van der Waals surface area contributed by atoms with Crippen LogP contribution in [-0.4, -0.2) is 26.5 Å². The highest BCUT2D eigenvalue weighted by atomic mass is 32.1. The summed E-state index contributed by atoms with van der Waals surface area (Å²) in [5, 5.41) is 2.01. The number of amides is 1. The van der Waals surface area contributed by atoms with E-state index in [-0.39, 0.29) is 24.1 Å². The lowest BCUT2D eigenvalue weighted by molar-refractivity contribution is -0.132. The van der Waals surface area contributed by atoms with E-state index in [0.717, 1.165) is 17.4 Å². The molecule has 3 rings (SSSR count). The van der Waals surface area contributed by atoms with Gasteiger partial charge in [-0.3, -0.25) is 18.7 Å². The van der Waals surface area contributed by atoms with Crippen molar-refractivity contribution in [1.29, 1.82) is 0 Å². The Morgan fingerprint density at radius 3 is 2.91 bits per heavy atom. The van der Waals surface area contributed by atoms with E-state index >= 15 is 0 Å². The zero-order valence-corrected chi connectivity index (χ0v) is 13.1. The summed E-state index contributed by atoms with van der Waals surface area (Å²) in [6, 6.07) is 5.43. The van der Waals surface area contributed by atoms with Crippen molar-refractivity contribution in [2.45, 2.75) is 25.4 Å². The van der Waals surface area contributed by atoms with Gasteiger partial charge < -0.3 is 4.90 Å². The molecule has 1 aliphatic rings. The standard InChI is InChI=1S/C15H17N3O3S/c1-16-13(19)6-8-17(15(16)21)10-14(20)18-7-2-4-11(18)12-5-3-9-22-12/h3,5-6,8-9,11H,2,4,7,10H2,1H3/t11-/m0/s1. The second-order valence-corrected chi connectivity index (χ2v) is 6.36. The molecule has 0 aromatic carbocycles. The van der Waals surface area contributed by atoms with Gasteiger partial charge in [-0.25, -0.2) is 4.79 Å². The molecule has 0 radical (unpaired) electrons. The topological polar surface area (TPSA) is 64.3 Å². The lowest BCUT2D eigenvalue weighted by Gasteiger charge is -2.24. The first-order chi connectivity index (χ1) is 10.6. The maximum Gasteiger partial charge on any atom is 0.331 e. The molecule has 2 aromatic heterocycles. The lowest BCUT2D eigenvalue weighted by atomic mass is 10.2. The van der Waals surface area contributed by atoms with E-state index in [2.05, 4.69) is 0 Å². The van der Waals surface area contributed by atoms with Crippen LogP contribution in [0.15, 0.2) is 39.4 Å². The predicted octanol–water partition coefficient (Wildman–Crippen LogP) is 0.972. The number of carbonyl (C=O) groups excluding carboxylic acids is 1. The fraction of sp³-hybridized carbons (Fsp3) is 0.400. The van der Waals surface area contributed by atoms with E-state index in [1.165, 1.54) is 28.8 Å². The molecule has 2 aromatic rings. The number of carbonyl (C=O) groups is 1. The van der Waals surface area contributed by atoms with Crippen molar-refractivity contribution < 1.29 is 4.79 Å². The minimum Gasteiger partial charge on any atom is -0.333 e. The molecular weight excluding hydrogens is 302 g/mol. The lowest BCUT2D eigenvalue weighted by Crippen LogP contribution is -2.41. The summed E-state index contributed by atoms with van der Waals surface area (Å²) in [6.07, 6.45) is 3.31. The highest BCUT2D eigenvalue weighted by Crippen LogP contribution is 2.34. The molecule has 6 nitrogen and oxygen atoms in total. The van der Waals surface area contributed by atoms with Gasteiger partial charge in [-0.1, -0.05) is 6.07 Å². The first-order valence-electron chi connectivity index (χ1n) is 7.17. The monoisotopic (exact) mass is 319 g/mol. The van der Waals surface area contributed by atoms with E-state index in [4.69, 9.17) is 0 Å². The van der Waals surface area contributed by atoms with Crippen LogP contribution in [0.5, 0.6) is 0 Å². The molecule has 0 saturated carbocycles. The summed E-state index contributed by atoms with van der Waals surface area (Å²) in [7, 11) is 1.41. The van der Waals surface area contributed by atoms with Crippen molar-refractivity contribution in [3.05, 3.63) is 55.5 Å². The normalized spacial score (nSPS) is 17.9. The summed E-state index contributed by atoms with van der Waals surface area (Å²) >= 11 is 1.65. The highest BCUT2D eigenvalue weighted by Gasteiger charge is 2.30. The average Bonchev–Trinajstić information content (AvgIpc) is 3.17. The van der Waals surface area contributed by atoms with Crippen molar-refractivity contribution in [2.24, 2.45) is 7.05 Å². The van der Waals surface area contributed by atoms with E-state index in [1.54, 1.807) is 11.3 Å². The molecule has 0 spiro atoms. The van der Waals surface area contributed by atoms with Crippen molar-refractivity contribution in [1.82, 2.24) is 14.0 Å². The van der Waals surface area contributed by atoms with E-state index in [9.17, 15) is 14.4 Å². The van der Waals surface area contributed by atoms with Crippen LogP contribution in [0.2, 0.25) is 0 Å². The Kier molecular flexibility index (Phi) is 3.98.